The SMILES string of the molecule is O=C(COC(=O)COc1ccccc1F)Nc1cc(Cl)ccc1F. The molecule has 0 saturated carbocycles. The lowest BCUT2D eigenvalue weighted by molar-refractivity contribution is -0.149. The van der Waals surface area contributed by atoms with Gasteiger partial charge in [0.1, 0.15) is 5.82 Å². The Labute approximate surface area is 141 Å². The van der Waals surface area contributed by atoms with Crippen molar-refractivity contribution < 1.29 is 27.8 Å². The zero-order valence-electron chi connectivity index (χ0n) is 12.2. The van der Waals surface area contributed by atoms with Gasteiger partial charge in [-0.15, -0.1) is 0 Å². The van der Waals surface area contributed by atoms with E-state index in [1.54, 1.807) is 0 Å². The maximum Gasteiger partial charge on any atom is 0.344 e. The van der Waals surface area contributed by atoms with Crippen molar-refractivity contribution in [2.24, 2.45) is 0 Å². The number of carbonyl (C=O) groups is 2. The zero-order valence-corrected chi connectivity index (χ0v) is 13.0. The van der Waals surface area contributed by atoms with Gasteiger partial charge in [-0.2, -0.15) is 0 Å². The molecule has 0 saturated heterocycles. The molecule has 1 N–H and O–H groups in total. The maximum absolute atomic E-state index is 13.4. The van der Waals surface area contributed by atoms with E-state index in [0.29, 0.717) is 0 Å². The topological polar surface area (TPSA) is 64.6 Å². The van der Waals surface area contributed by atoms with E-state index in [2.05, 4.69) is 10.1 Å². The van der Waals surface area contributed by atoms with Gasteiger partial charge < -0.3 is 14.8 Å². The summed E-state index contributed by atoms with van der Waals surface area (Å²) in [6.07, 6.45) is 0. The van der Waals surface area contributed by atoms with Crippen LogP contribution < -0.4 is 10.1 Å². The molecular weight excluding hydrogens is 344 g/mol. The van der Waals surface area contributed by atoms with Gasteiger partial charge in [0.15, 0.2) is 24.8 Å². The summed E-state index contributed by atoms with van der Waals surface area (Å²) in [6.45, 7) is -1.22. The molecule has 0 aliphatic rings. The number of carbonyl (C=O) groups excluding carboxylic acids is 2. The van der Waals surface area contributed by atoms with Crippen molar-refractivity contribution in [3.05, 3.63) is 59.1 Å². The van der Waals surface area contributed by atoms with Crippen molar-refractivity contribution in [3.8, 4) is 5.75 Å². The smallest absolute Gasteiger partial charge is 0.344 e. The van der Waals surface area contributed by atoms with Crippen LogP contribution in [0.15, 0.2) is 42.5 Å². The first-order valence-corrected chi connectivity index (χ1v) is 7.11. The summed E-state index contributed by atoms with van der Waals surface area (Å²) < 4.78 is 36.3. The Morgan fingerprint density at radius 1 is 1.04 bits per heavy atom. The number of esters is 1. The molecule has 0 heterocycles. The van der Waals surface area contributed by atoms with Crippen molar-refractivity contribution in [2.75, 3.05) is 18.5 Å². The van der Waals surface area contributed by atoms with Crippen molar-refractivity contribution in [1.82, 2.24) is 0 Å². The summed E-state index contributed by atoms with van der Waals surface area (Å²) in [5.74, 6) is -3.04. The van der Waals surface area contributed by atoms with E-state index < -0.39 is 36.7 Å². The van der Waals surface area contributed by atoms with Crippen LogP contribution in [0.25, 0.3) is 0 Å². The Hall–Kier alpha value is -2.67. The van der Waals surface area contributed by atoms with Crippen molar-refractivity contribution >= 4 is 29.2 Å². The largest absolute Gasteiger partial charge is 0.479 e. The predicted octanol–water partition coefficient (Wildman–Crippen LogP) is 3.18. The normalized spacial score (nSPS) is 10.1. The molecular formula is C16H12ClF2NO4. The highest BCUT2D eigenvalue weighted by atomic mass is 35.5. The number of ether oxygens (including phenoxy) is 2. The van der Waals surface area contributed by atoms with Crippen LogP contribution in [0.5, 0.6) is 5.75 Å². The van der Waals surface area contributed by atoms with Crippen LogP contribution >= 0.6 is 11.6 Å². The van der Waals surface area contributed by atoms with E-state index in [0.717, 1.165) is 6.07 Å². The lowest BCUT2D eigenvalue weighted by Crippen LogP contribution is -2.24. The Morgan fingerprint density at radius 2 is 1.79 bits per heavy atom. The van der Waals surface area contributed by atoms with E-state index in [-0.39, 0.29) is 16.5 Å². The number of rotatable bonds is 6. The third-order valence-electron chi connectivity index (χ3n) is 2.75. The fourth-order valence-corrected chi connectivity index (χ4v) is 1.84. The van der Waals surface area contributed by atoms with Crippen LogP contribution in [0.3, 0.4) is 0 Å². The molecule has 0 radical (unpaired) electrons. The molecule has 0 aromatic heterocycles. The average molecular weight is 356 g/mol. The van der Waals surface area contributed by atoms with E-state index in [1.807, 2.05) is 0 Å². The van der Waals surface area contributed by atoms with E-state index >= 15 is 0 Å². The van der Waals surface area contributed by atoms with E-state index in [4.69, 9.17) is 16.3 Å². The van der Waals surface area contributed by atoms with Crippen LogP contribution in [0.4, 0.5) is 14.5 Å². The van der Waals surface area contributed by atoms with E-state index in [9.17, 15) is 18.4 Å². The van der Waals surface area contributed by atoms with Crippen LogP contribution in [0.1, 0.15) is 0 Å². The molecule has 24 heavy (non-hydrogen) atoms. The number of para-hydroxylation sites is 1. The van der Waals surface area contributed by atoms with Crippen molar-refractivity contribution in [1.29, 1.82) is 0 Å². The monoisotopic (exact) mass is 355 g/mol. The molecule has 0 spiro atoms. The molecule has 126 valence electrons. The maximum atomic E-state index is 13.4. The summed E-state index contributed by atoms with van der Waals surface area (Å²) >= 11 is 5.69. The lowest BCUT2D eigenvalue weighted by atomic mass is 10.3. The quantitative estimate of drug-likeness (QED) is 0.808. The van der Waals surface area contributed by atoms with Crippen LogP contribution in [-0.4, -0.2) is 25.1 Å². The van der Waals surface area contributed by atoms with Crippen LogP contribution in [0, 0.1) is 11.6 Å². The molecule has 1 amide bonds. The molecule has 0 atom stereocenters. The van der Waals surface area contributed by atoms with Gasteiger partial charge in [-0.05, 0) is 30.3 Å². The average Bonchev–Trinajstić information content (AvgIpc) is 2.55. The molecule has 0 bridgehead atoms. The number of benzene rings is 2. The third-order valence-corrected chi connectivity index (χ3v) is 2.98. The molecule has 0 aliphatic heterocycles. The molecule has 0 fully saturated rings. The minimum absolute atomic E-state index is 0.111. The lowest BCUT2D eigenvalue weighted by Gasteiger charge is -2.09. The van der Waals surface area contributed by atoms with Gasteiger partial charge in [-0.1, -0.05) is 23.7 Å². The number of nitrogens with one attached hydrogen (secondary N) is 1. The Kier molecular flexibility index (Phi) is 6.08. The molecule has 2 rings (SSSR count). The van der Waals surface area contributed by atoms with Gasteiger partial charge in [0.2, 0.25) is 0 Å². The molecule has 0 unspecified atom stereocenters. The predicted molar refractivity (Wildman–Crippen MR) is 82.9 cm³/mol. The first kappa shape index (κ1) is 17.7. The summed E-state index contributed by atoms with van der Waals surface area (Å²) in [7, 11) is 0. The van der Waals surface area contributed by atoms with Gasteiger partial charge in [-0.3, -0.25) is 4.79 Å². The molecule has 2 aromatic rings. The second-order valence-corrected chi connectivity index (χ2v) is 4.99. The highest BCUT2D eigenvalue weighted by Gasteiger charge is 2.12. The van der Waals surface area contributed by atoms with Crippen molar-refractivity contribution in [2.45, 2.75) is 0 Å². The minimum Gasteiger partial charge on any atom is -0.479 e. The second-order valence-electron chi connectivity index (χ2n) is 4.55. The van der Waals surface area contributed by atoms with E-state index in [1.165, 1.54) is 36.4 Å². The first-order valence-electron chi connectivity index (χ1n) is 6.73. The fraction of sp³-hybridized carbons (Fsp3) is 0.125. The Bertz CT molecular complexity index is 755. The van der Waals surface area contributed by atoms with Gasteiger partial charge in [0.05, 0.1) is 5.69 Å². The third kappa shape index (κ3) is 5.20. The number of hydrogen-bond acceptors (Lipinski definition) is 4. The van der Waals surface area contributed by atoms with Gasteiger partial charge in [0.25, 0.3) is 5.91 Å². The molecule has 8 heteroatoms. The highest BCUT2D eigenvalue weighted by Crippen LogP contribution is 2.19. The minimum atomic E-state index is -0.875. The van der Waals surface area contributed by atoms with Gasteiger partial charge in [0, 0.05) is 5.02 Å². The van der Waals surface area contributed by atoms with Gasteiger partial charge in [-0.25, -0.2) is 13.6 Å². The summed E-state index contributed by atoms with van der Waals surface area (Å²) in [4.78, 5) is 23.1. The zero-order chi connectivity index (χ0) is 17.5. The summed E-state index contributed by atoms with van der Waals surface area (Å²) in [5.41, 5.74) is -0.133. The highest BCUT2D eigenvalue weighted by molar-refractivity contribution is 6.30. The Balaban J connectivity index is 1.78. The summed E-state index contributed by atoms with van der Waals surface area (Å²) in [5, 5.41) is 2.45. The number of halogens is 3. The Morgan fingerprint density at radius 3 is 2.54 bits per heavy atom. The van der Waals surface area contributed by atoms with Crippen molar-refractivity contribution in [3.63, 3.8) is 0 Å². The fourth-order valence-electron chi connectivity index (χ4n) is 1.67. The van der Waals surface area contributed by atoms with Crippen LogP contribution in [0.2, 0.25) is 5.02 Å². The standard InChI is InChI=1S/C16H12ClF2NO4/c17-10-5-6-11(18)13(7-10)20-15(21)8-24-16(22)9-23-14-4-2-1-3-12(14)19/h1-7H,8-9H2,(H,20,21). The first-order chi connectivity index (χ1) is 11.5. The second kappa shape index (κ2) is 8.26. The molecule has 0 aliphatic carbocycles. The molecule has 5 nitrogen and oxygen atoms in total. The van der Waals surface area contributed by atoms with Gasteiger partial charge >= 0.3 is 5.97 Å². The molecule has 2 aromatic carbocycles. The number of amides is 1. The van der Waals surface area contributed by atoms with Crippen LogP contribution in [-0.2, 0) is 14.3 Å². The summed E-state index contributed by atoms with van der Waals surface area (Å²) in [6, 6.07) is 9.16. The number of anilines is 1. The number of hydrogen-bond donors (Lipinski definition) is 1.